The van der Waals surface area contributed by atoms with E-state index in [-0.39, 0.29) is 41.9 Å². The van der Waals surface area contributed by atoms with E-state index in [0.717, 1.165) is 36.8 Å². The predicted molar refractivity (Wildman–Crippen MR) is 204 cm³/mol. The molecule has 0 heterocycles. The number of carboxylic acid groups (broad SMARTS) is 1. The molecule has 284 valence electrons. The van der Waals surface area contributed by atoms with E-state index in [1.54, 1.807) is 0 Å². The third kappa shape index (κ3) is 19.8. The Morgan fingerprint density at radius 3 is 1.65 bits per heavy atom. The van der Waals surface area contributed by atoms with Gasteiger partial charge in [0, 0.05) is 37.3 Å². The molecule has 0 radical (unpaired) electrons. The van der Waals surface area contributed by atoms with E-state index in [0.29, 0.717) is 38.6 Å². The highest BCUT2D eigenvalue weighted by Crippen LogP contribution is 2.19. The molecule has 3 unspecified atom stereocenters. The molecule has 10 heteroatoms. The summed E-state index contributed by atoms with van der Waals surface area (Å²) >= 11 is 0. The lowest BCUT2D eigenvalue weighted by Crippen LogP contribution is -2.57. The Morgan fingerprint density at radius 2 is 1.14 bits per heavy atom. The van der Waals surface area contributed by atoms with Gasteiger partial charge in [0.2, 0.25) is 17.7 Å². The van der Waals surface area contributed by atoms with Gasteiger partial charge in [-0.3, -0.25) is 19.2 Å². The van der Waals surface area contributed by atoms with Crippen molar-refractivity contribution < 1.29 is 29.1 Å². The van der Waals surface area contributed by atoms with Gasteiger partial charge in [-0.1, -0.05) is 122 Å². The number of rotatable bonds is 23. The Kier molecular flexibility index (Phi) is 22.0. The second-order valence-corrected chi connectivity index (χ2v) is 14.1. The summed E-state index contributed by atoms with van der Waals surface area (Å²) in [5.74, 6) is -1.85. The summed E-state index contributed by atoms with van der Waals surface area (Å²) in [6.07, 6.45) is 6.22. The number of carbonyl (C=O) groups excluding carboxylic acids is 4. The number of hydrogen-bond acceptors (Lipinski definition) is 6. The molecular formula is C41H64N4O6. The Hall–Kier alpha value is -4.05. The Balaban J connectivity index is 0.00000638. The molecule has 2 rings (SSSR count). The molecule has 0 saturated heterocycles. The molecule has 2 aromatic rings. The van der Waals surface area contributed by atoms with Crippen LogP contribution in [0.3, 0.4) is 0 Å². The first-order valence-corrected chi connectivity index (χ1v) is 18.7. The summed E-state index contributed by atoms with van der Waals surface area (Å²) in [4.78, 5) is 63.5. The summed E-state index contributed by atoms with van der Waals surface area (Å²) in [5.41, 5.74) is 1.50. The quantitative estimate of drug-likeness (QED) is 0.0867. The zero-order valence-corrected chi connectivity index (χ0v) is 32.1. The lowest BCUT2D eigenvalue weighted by atomic mass is 9.88. The number of nitrogens with one attached hydrogen (secondary N) is 4. The Morgan fingerprint density at radius 1 is 0.647 bits per heavy atom. The normalized spacial score (nSPS) is 12.9. The van der Waals surface area contributed by atoms with Crippen molar-refractivity contribution in [1.29, 1.82) is 0 Å². The zero-order valence-electron chi connectivity index (χ0n) is 32.1. The smallest absolute Gasteiger partial charge is 0.326 e. The topological polar surface area (TPSA) is 154 Å². The van der Waals surface area contributed by atoms with Crippen molar-refractivity contribution in [2.45, 2.75) is 143 Å². The van der Waals surface area contributed by atoms with Crippen molar-refractivity contribution in [3.8, 4) is 0 Å². The first kappa shape index (κ1) is 45.0. The number of ketones is 1. The lowest BCUT2D eigenvalue weighted by Gasteiger charge is -2.26. The van der Waals surface area contributed by atoms with Gasteiger partial charge in [-0.25, -0.2) is 4.79 Å². The Labute approximate surface area is 306 Å². The van der Waals surface area contributed by atoms with Crippen LogP contribution in [0.1, 0.15) is 117 Å². The van der Waals surface area contributed by atoms with E-state index in [1.807, 2.05) is 109 Å². The van der Waals surface area contributed by atoms with Crippen LogP contribution in [0.2, 0.25) is 0 Å². The Bertz CT molecular complexity index is 1310. The first-order valence-electron chi connectivity index (χ1n) is 18.7. The number of aliphatic carboxylic acids is 1. The van der Waals surface area contributed by atoms with Crippen LogP contribution in [0, 0.1) is 5.41 Å². The highest BCUT2D eigenvalue weighted by atomic mass is 16.4. The van der Waals surface area contributed by atoms with Crippen LogP contribution in [0.25, 0.3) is 0 Å². The van der Waals surface area contributed by atoms with Gasteiger partial charge in [0.05, 0.1) is 6.04 Å². The van der Waals surface area contributed by atoms with Crippen LogP contribution in [-0.2, 0) is 36.8 Å². The monoisotopic (exact) mass is 708 g/mol. The summed E-state index contributed by atoms with van der Waals surface area (Å²) in [6.45, 7) is 14.1. The van der Waals surface area contributed by atoms with E-state index in [9.17, 15) is 29.1 Å². The lowest BCUT2D eigenvalue weighted by molar-refractivity contribution is -0.142. The van der Waals surface area contributed by atoms with Crippen LogP contribution in [-0.4, -0.2) is 65.3 Å². The van der Waals surface area contributed by atoms with E-state index < -0.39 is 30.0 Å². The molecule has 10 nitrogen and oxygen atoms in total. The van der Waals surface area contributed by atoms with Gasteiger partial charge in [0.15, 0.2) is 0 Å². The summed E-state index contributed by atoms with van der Waals surface area (Å²) < 4.78 is 0. The highest BCUT2D eigenvalue weighted by molar-refractivity contribution is 5.92. The molecule has 0 spiro atoms. The van der Waals surface area contributed by atoms with Crippen LogP contribution >= 0.6 is 0 Å². The number of hydrogen-bond donors (Lipinski definition) is 5. The standard InChI is InChI=1S/C39H58N4O6.C2H6/c1-28(2)41-32(26-29-18-10-8-11-19-29)36(46)43-33(27-30-20-12-9-13-21-30)37(47)42-31(38(48)49)22-16-17-25-40-35(45)24-15-7-6-14-23-34(44)39(3,4)5;1-2/h8-13,18-21,28,31-33,41H,6-7,14-17,22-27H2,1-5H3,(H,40,45)(H,42,47)(H,43,46)(H,48,49);1-2H3. The minimum Gasteiger partial charge on any atom is -0.480 e. The van der Waals surface area contributed by atoms with E-state index >= 15 is 0 Å². The van der Waals surface area contributed by atoms with Gasteiger partial charge in [-0.2, -0.15) is 0 Å². The molecular weight excluding hydrogens is 644 g/mol. The molecule has 0 saturated carbocycles. The van der Waals surface area contributed by atoms with Crippen molar-refractivity contribution in [3.63, 3.8) is 0 Å². The van der Waals surface area contributed by atoms with Gasteiger partial charge in [0.1, 0.15) is 17.9 Å². The molecule has 0 aliphatic carbocycles. The van der Waals surface area contributed by atoms with Crippen molar-refractivity contribution in [1.82, 2.24) is 21.3 Å². The third-order valence-corrected chi connectivity index (χ3v) is 8.30. The van der Waals surface area contributed by atoms with Crippen molar-refractivity contribution >= 4 is 29.5 Å². The summed E-state index contributed by atoms with van der Waals surface area (Å²) in [7, 11) is 0. The van der Waals surface area contributed by atoms with Crippen molar-refractivity contribution in [2.75, 3.05) is 6.54 Å². The predicted octanol–water partition coefficient (Wildman–Crippen LogP) is 6.16. The van der Waals surface area contributed by atoms with E-state index in [2.05, 4.69) is 21.3 Å². The summed E-state index contributed by atoms with van der Waals surface area (Å²) in [6, 6.07) is 16.2. The number of benzene rings is 2. The molecule has 0 aliphatic heterocycles. The fraction of sp³-hybridized carbons (Fsp3) is 0.585. The second kappa shape index (κ2) is 25.0. The van der Waals surface area contributed by atoms with Gasteiger partial charge >= 0.3 is 5.97 Å². The molecule has 0 aliphatic rings. The molecule has 51 heavy (non-hydrogen) atoms. The minimum absolute atomic E-state index is 0.0171. The largest absolute Gasteiger partial charge is 0.480 e. The van der Waals surface area contributed by atoms with Crippen molar-refractivity contribution in [2.24, 2.45) is 5.41 Å². The fourth-order valence-electron chi connectivity index (χ4n) is 5.43. The number of carbonyl (C=O) groups is 5. The van der Waals surface area contributed by atoms with Crippen LogP contribution in [0.15, 0.2) is 60.7 Å². The van der Waals surface area contributed by atoms with Crippen LogP contribution < -0.4 is 21.3 Å². The molecule has 2 aromatic carbocycles. The van der Waals surface area contributed by atoms with Crippen LogP contribution in [0.5, 0.6) is 0 Å². The van der Waals surface area contributed by atoms with Crippen LogP contribution in [0.4, 0.5) is 0 Å². The molecule has 0 bridgehead atoms. The number of unbranched alkanes of at least 4 members (excludes halogenated alkanes) is 4. The average molecular weight is 709 g/mol. The summed E-state index contributed by atoms with van der Waals surface area (Å²) in [5, 5.41) is 21.6. The number of Topliss-reactive ketones (excluding diaryl/α,β-unsaturated/α-hetero) is 1. The van der Waals surface area contributed by atoms with Gasteiger partial charge in [-0.15, -0.1) is 0 Å². The number of carboxylic acids is 1. The van der Waals surface area contributed by atoms with Crippen molar-refractivity contribution in [3.05, 3.63) is 71.8 Å². The number of amides is 3. The minimum atomic E-state index is -1.16. The van der Waals surface area contributed by atoms with E-state index in [1.165, 1.54) is 0 Å². The maximum atomic E-state index is 13.6. The fourth-order valence-corrected chi connectivity index (χ4v) is 5.43. The maximum absolute atomic E-state index is 13.6. The maximum Gasteiger partial charge on any atom is 0.326 e. The SMILES string of the molecule is CC.CC(C)NC(Cc1ccccc1)C(=O)NC(Cc1ccccc1)C(=O)NC(CCCCNC(=O)CCCCCCC(=O)C(C)(C)C)C(=O)O. The molecule has 3 atom stereocenters. The second-order valence-electron chi connectivity index (χ2n) is 14.1. The van der Waals surface area contributed by atoms with Gasteiger partial charge in [-0.05, 0) is 49.7 Å². The molecule has 5 N–H and O–H groups in total. The van der Waals surface area contributed by atoms with Gasteiger partial charge in [0.25, 0.3) is 0 Å². The molecule has 0 fully saturated rings. The zero-order chi connectivity index (χ0) is 38.2. The van der Waals surface area contributed by atoms with Gasteiger partial charge < -0.3 is 26.4 Å². The van der Waals surface area contributed by atoms with E-state index in [4.69, 9.17) is 0 Å². The molecule has 3 amide bonds. The first-order chi connectivity index (χ1) is 24.3. The third-order valence-electron chi connectivity index (χ3n) is 8.30. The highest BCUT2D eigenvalue weighted by Gasteiger charge is 2.29. The average Bonchev–Trinajstić information content (AvgIpc) is 3.09. The molecule has 0 aromatic heterocycles.